The maximum atomic E-state index is 12.7. The van der Waals surface area contributed by atoms with Crippen molar-refractivity contribution in [1.29, 1.82) is 0 Å². The lowest BCUT2D eigenvalue weighted by Crippen LogP contribution is -2.50. The minimum absolute atomic E-state index is 0.114. The first-order valence-corrected chi connectivity index (χ1v) is 15.2. The molecule has 1 aliphatic rings. The molecule has 1 heterocycles. The first-order chi connectivity index (χ1) is 20.9. The summed E-state index contributed by atoms with van der Waals surface area (Å²) in [7, 11) is 0. The summed E-state index contributed by atoms with van der Waals surface area (Å²) in [6.45, 7) is 5.62. The normalized spacial score (nSPS) is 17.0. The summed E-state index contributed by atoms with van der Waals surface area (Å²) in [6.07, 6.45) is 4.11. The van der Waals surface area contributed by atoms with E-state index >= 15 is 0 Å². The van der Waals surface area contributed by atoms with Gasteiger partial charge in [-0.2, -0.15) is 0 Å². The quantitative estimate of drug-likeness (QED) is 0.0909. The van der Waals surface area contributed by atoms with E-state index in [4.69, 9.17) is 0 Å². The highest BCUT2D eigenvalue weighted by atomic mass is 16.4. The Morgan fingerprint density at radius 3 is 1.32 bits per heavy atom. The van der Waals surface area contributed by atoms with Gasteiger partial charge in [0.2, 0.25) is 17.7 Å². The number of nitrogens with one attached hydrogen (secondary N) is 3. The highest BCUT2D eigenvalue weighted by Crippen LogP contribution is 2.10. The fraction of sp³-hybridized carbons (Fsp3) is 0.786. The number of unbranched alkanes of at least 4 members (excludes halogenated alkanes) is 1. The van der Waals surface area contributed by atoms with Crippen molar-refractivity contribution < 1.29 is 44.1 Å². The first kappa shape index (κ1) is 38.7. The standard InChI is InChI=1S/C28H51N7O9/c1-3-22(2)6-4-5-7-29-23(36)16-30-24(37)17-31-25(38)18-32-8-10-33(19-26(39)40)12-14-35(21-28(43)44)15-13-34(11-9-32)20-27(41)42/h22H,3-21H2,1-2H3,(H,29,36)(H,30,37)(H,31,38)(H,39,40)(H,41,42)(H,43,44). The summed E-state index contributed by atoms with van der Waals surface area (Å²) in [4.78, 5) is 77.7. The Hall–Kier alpha value is -3.34. The number of carboxylic acids is 3. The molecule has 44 heavy (non-hydrogen) atoms. The molecule has 1 atom stereocenters. The molecule has 0 aromatic rings. The van der Waals surface area contributed by atoms with E-state index < -0.39 is 29.7 Å². The second kappa shape index (κ2) is 22.2. The molecule has 16 nitrogen and oxygen atoms in total. The zero-order valence-electron chi connectivity index (χ0n) is 26.1. The molecule has 1 rings (SSSR count). The maximum Gasteiger partial charge on any atom is 0.317 e. The first-order valence-electron chi connectivity index (χ1n) is 15.2. The van der Waals surface area contributed by atoms with E-state index in [0.717, 1.165) is 25.7 Å². The molecular weight excluding hydrogens is 578 g/mol. The van der Waals surface area contributed by atoms with Gasteiger partial charge in [-0.25, -0.2) is 0 Å². The van der Waals surface area contributed by atoms with Crippen LogP contribution in [0.2, 0.25) is 0 Å². The van der Waals surface area contributed by atoms with Gasteiger partial charge in [-0.1, -0.05) is 33.1 Å². The molecule has 1 aliphatic heterocycles. The molecule has 3 amide bonds. The van der Waals surface area contributed by atoms with Crippen LogP contribution < -0.4 is 16.0 Å². The summed E-state index contributed by atoms with van der Waals surface area (Å²) in [5.74, 6) is -3.76. The summed E-state index contributed by atoms with van der Waals surface area (Å²) in [5, 5.41) is 35.7. The lowest BCUT2D eigenvalue weighted by molar-refractivity contribution is -0.140. The second-order valence-corrected chi connectivity index (χ2v) is 11.2. The lowest BCUT2D eigenvalue weighted by atomic mass is 10.0. The van der Waals surface area contributed by atoms with Gasteiger partial charge in [0.25, 0.3) is 0 Å². The second-order valence-electron chi connectivity index (χ2n) is 11.2. The summed E-state index contributed by atoms with van der Waals surface area (Å²) in [5.41, 5.74) is 0. The SMILES string of the molecule is CCC(C)CCCCNC(=O)CNC(=O)CNC(=O)CN1CCN(CC(=O)O)CCN(CC(=O)O)CCN(CC(=O)O)CC1. The molecule has 0 saturated carbocycles. The highest BCUT2D eigenvalue weighted by molar-refractivity contribution is 5.88. The van der Waals surface area contributed by atoms with Crippen molar-refractivity contribution in [2.75, 3.05) is 98.2 Å². The zero-order chi connectivity index (χ0) is 32.9. The molecular formula is C28H51N7O9. The predicted molar refractivity (Wildman–Crippen MR) is 161 cm³/mol. The van der Waals surface area contributed by atoms with Crippen LogP contribution in [0.15, 0.2) is 0 Å². The Labute approximate surface area is 259 Å². The number of carboxylic acid groups (broad SMARTS) is 3. The molecule has 16 heteroatoms. The van der Waals surface area contributed by atoms with Crippen LogP contribution in [0.4, 0.5) is 0 Å². The molecule has 1 saturated heterocycles. The van der Waals surface area contributed by atoms with E-state index in [2.05, 4.69) is 29.8 Å². The van der Waals surface area contributed by atoms with Crippen molar-refractivity contribution in [3.05, 3.63) is 0 Å². The van der Waals surface area contributed by atoms with Crippen LogP contribution in [-0.2, 0) is 28.8 Å². The van der Waals surface area contributed by atoms with Crippen LogP contribution in [0.25, 0.3) is 0 Å². The number of nitrogens with zero attached hydrogens (tertiary/aromatic N) is 4. The van der Waals surface area contributed by atoms with Crippen molar-refractivity contribution >= 4 is 35.6 Å². The zero-order valence-corrected chi connectivity index (χ0v) is 26.1. The summed E-state index contributed by atoms with van der Waals surface area (Å²) < 4.78 is 0. The smallest absolute Gasteiger partial charge is 0.317 e. The maximum absolute atomic E-state index is 12.7. The van der Waals surface area contributed by atoms with Crippen LogP contribution in [0.5, 0.6) is 0 Å². The Kier molecular flexibility index (Phi) is 19.5. The Morgan fingerprint density at radius 1 is 0.568 bits per heavy atom. The van der Waals surface area contributed by atoms with E-state index in [1.165, 1.54) is 0 Å². The average molecular weight is 630 g/mol. The molecule has 0 bridgehead atoms. The largest absolute Gasteiger partial charge is 0.480 e. The number of carbonyl (C=O) groups excluding carboxylic acids is 3. The molecule has 1 unspecified atom stereocenters. The van der Waals surface area contributed by atoms with Crippen molar-refractivity contribution in [3.8, 4) is 0 Å². The van der Waals surface area contributed by atoms with Crippen molar-refractivity contribution in [1.82, 2.24) is 35.6 Å². The van der Waals surface area contributed by atoms with E-state index in [9.17, 15) is 44.1 Å². The molecule has 1 fully saturated rings. The average Bonchev–Trinajstić information content (AvgIpc) is 2.95. The van der Waals surface area contributed by atoms with Gasteiger partial charge in [0.15, 0.2) is 0 Å². The molecule has 0 aromatic carbocycles. The minimum Gasteiger partial charge on any atom is -0.480 e. The Balaban J connectivity index is 2.63. The minimum atomic E-state index is -1.04. The van der Waals surface area contributed by atoms with Gasteiger partial charge in [-0.3, -0.25) is 48.4 Å². The van der Waals surface area contributed by atoms with E-state index in [1.54, 1.807) is 19.6 Å². The Morgan fingerprint density at radius 2 is 0.932 bits per heavy atom. The van der Waals surface area contributed by atoms with Gasteiger partial charge in [-0.05, 0) is 12.3 Å². The van der Waals surface area contributed by atoms with Gasteiger partial charge in [0, 0.05) is 58.9 Å². The van der Waals surface area contributed by atoms with Crippen LogP contribution in [0.3, 0.4) is 0 Å². The number of rotatable bonds is 18. The van der Waals surface area contributed by atoms with Gasteiger partial charge in [0.1, 0.15) is 0 Å². The van der Waals surface area contributed by atoms with Gasteiger partial charge in [-0.15, -0.1) is 0 Å². The molecule has 252 valence electrons. The number of aliphatic carboxylic acids is 3. The van der Waals surface area contributed by atoms with Crippen molar-refractivity contribution in [2.45, 2.75) is 39.5 Å². The third-order valence-electron chi connectivity index (χ3n) is 7.41. The van der Waals surface area contributed by atoms with Gasteiger partial charge in [0.05, 0.1) is 39.3 Å². The lowest BCUT2D eigenvalue weighted by Gasteiger charge is -2.32. The fourth-order valence-corrected chi connectivity index (χ4v) is 4.58. The Bertz CT molecular complexity index is 905. The highest BCUT2D eigenvalue weighted by Gasteiger charge is 2.21. The van der Waals surface area contributed by atoms with Crippen LogP contribution in [0.1, 0.15) is 39.5 Å². The topological polar surface area (TPSA) is 212 Å². The van der Waals surface area contributed by atoms with E-state index in [0.29, 0.717) is 12.5 Å². The predicted octanol–water partition coefficient (Wildman–Crippen LogP) is -1.97. The van der Waals surface area contributed by atoms with Crippen LogP contribution in [-0.4, -0.2) is 169 Å². The molecule has 0 aliphatic carbocycles. The fourth-order valence-electron chi connectivity index (χ4n) is 4.58. The monoisotopic (exact) mass is 629 g/mol. The third kappa shape index (κ3) is 19.8. The third-order valence-corrected chi connectivity index (χ3v) is 7.41. The summed E-state index contributed by atoms with van der Waals surface area (Å²) in [6, 6.07) is 0. The van der Waals surface area contributed by atoms with E-state index in [-0.39, 0.29) is 97.5 Å². The molecule has 0 aromatic heterocycles. The van der Waals surface area contributed by atoms with Gasteiger partial charge >= 0.3 is 17.9 Å². The number of amides is 3. The van der Waals surface area contributed by atoms with Crippen molar-refractivity contribution in [2.24, 2.45) is 5.92 Å². The molecule has 0 radical (unpaired) electrons. The number of carbonyl (C=O) groups is 6. The van der Waals surface area contributed by atoms with Crippen LogP contribution in [0, 0.1) is 5.92 Å². The van der Waals surface area contributed by atoms with Crippen molar-refractivity contribution in [3.63, 3.8) is 0 Å². The summed E-state index contributed by atoms with van der Waals surface area (Å²) >= 11 is 0. The van der Waals surface area contributed by atoms with Gasteiger partial charge < -0.3 is 31.3 Å². The number of hydrogen-bond donors (Lipinski definition) is 6. The number of hydrogen-bond acceptors (Lipinski definition) is 10. The molecule has 0 spiro atoms. The van der Waals surface area contributed by atoms with E-state index in [1.807, 2.05) is 0 Å². The van der Waals surface area contributed by atoms with Crippen LogP contribution >= 0.6 is 0 Å². The molecule has 6 N–H and O–H groups in total.